The maximum absolute atomic E-state index is 10.5. The second-order valence-electron chi connectivity index (χ2n) is 4.04. The van der Waals surface area contributed by atoms with Crippen molar-refractivity contribution in [3.05, 3.63) is 12.2 Å². The van der Waals surface area contributed by atoms with Crippen molar-refractivity contribution in [2.24, 2.45) is 0 Å². The lowest BCUT2D eigenvalue weighted by molar-refractivity contribution is -0.147. The van der Waals surface area contributed by atoms with Crippen LogP contribution in [0, 0.1) is 0 Å². The number of hydrogen-bond donors (Lipinski definition) is 2. The second kappa shape index (κ2) is 6.34. The molecule has 1 atom stereocenters. The van der Waals surface area contributed by atoms with Gasteiger partial charge in [-0.1, -0.05) is 13.8 Å². The van der Waals surface area contributed by atoms with Crippen LogP contribution in [0.2, 0.25) is 0 Å². The molecule has 0 radical (unpaired) electrons. The number of aliphatic hydroxyl groups is 1. The van der Waals surface area contributed by atoms with E-state index in [4.69, 9.17) is 5.11 Å². The standard InChI is InChI=1S/C11H19N3O3/c1-3-8(4-2)10-13-12-7-14(10)6-5-9(15)11(16)17/h7-9,15H,3-6H2,1-2H3,(H,16,17). The monoisotopic (exact) mass is 241 g/mol. The summed E-state index contributed by atoms with van der Waals surface area (Å²) in [6.07, 6.45) is 2.36. The molecular weight excluding hydrogens is 222 g/mol. The average Bonchev–Trinajstić information content (AvgIpc) is 2.76. The summed E-state index contributed by atoms with van der Waals surface area (Å²) in [7, 11) is 0. The number of aryl methyl sites for hydroxylation is 1. The van der Waals surface area contributed by atoms with Gasteiger partial charge in [0, 0.05) is 18.9 Å². The minimum Gasteiger partial charge on any atom is -0.479 e. The predicted octanol–water partition coefficient (Wildman–Crippen LogP) is 1.02. The van der Waals surface area contributed by atoms with Crippen LogP contribution in [-0.2, 0) is 11.3 Å². The molecule has 1 rings (SSSR count). The highest BCUT2D eigenvalue weighted by molar-refractivity contribution is 5.71. The van der Waals surface area contributed by atoms with Crippen LogP contribution in [0.25, 0.3) is 0 Å². The van der Waals surface area contributed by atoms with Crippen molar-refractivity contribution in [1.82, 2.24) is 14.8 Å². The summed E-state index contributed by atoms with van der Waals surface area (Å²) in [5.74, 6) is 0.00853. The summed E-state index contributed by atoms with van der Waals surface area (Å²) in [5, 5.41) is 25.7. The van der Waals surface area contributed by atoms with Gasteiger partial charge in [0.2, 0.25) is 0 Å². The molecule has 0 saturated heterocycles. The molecule has 6 heteroatoms. The van der Waals surface area contributed by atoms with E-state index in [1.165, 1.54) is 0 Å². The molecule has 1 unspecified atom stereocenters. The third kappa shape index (κ3) is 3.52. The quantitative estimate of drug-likeness (QED) is 0.744. The van der Waals surface area contributed by atoms with Crippen LogP contribution >= 0.6 is 0 Å². The molecule has 0 aliphatic rings. The molecule has 0 aliphatic heterocycles. The maximum atomic E-state index is 10.5. The Kier molecular flexibility index (Phi) is 5.09. The fourth-order valence-electron chi connectivity index (χ4n) is 1.79. The minimum atomic E-state index is -1.33. The zero-order chi connectivity index (χ0) is 12.8. The normalized spacial score (nSPS) is 12.9. The average molecular weight is 241 g/mol. The van der Waals surface area contributed by atoms with Crippen molar-refractivity contribution in [1.29, 1.82) is 0 Å². The summed E-state index contributed by atoms with van der Waals surface area (Å²) < 4.78 is 1.82. The summed E-state index contributed by atoms with van der Waals surface area (Å²) in [6.45, 7) is 4.59. The van der Waals surface area contributed by atoms with Crippen LogP contribution in [0.3, 0.4) is 0 Å². The van der Waals surface area contributed by atoms with E-state index in [0.29, 0.717) is 12.5 Å². The maximum Gasteiger partial charge on any atom is 0.332 e. The first-order chi connectivity index (χ1) is 8.10. The van der Waals surface area contributed by atoms with Crippen molar-refractivity contribution in [3.8, 4) is 0 Å². The van der Waals surface area contributed by atoms with E-state index in [-0.39, 0.29) is 6.42 Å². The topological polar surface area (TPSA) is 88.2 Å². The van der Waals surface area contributed by atoms with Gasteiger partial charge in [-0.3, -0.25) is 0 Å². The Labute approximate surface area is 100 Å². The second-order valence-corrected chi connectivity index (χ2v) is 4.04. The third-order valence-electron chi connectivity index (χ3n) is 2.92. The highest BCUT2D eigenvalue weighted by Crippen LogP contribution is 2.20. The Hall–Kier alpha value is -1.43. The Bertz CT molecular complexity index is 361. The van der Waals surface area contributed by atoms with Gasteiger partial charge in [0.25, 0.3) is 0 Å². The Morgan fingerprint density at radius 1 is 1.47 bits per heavy atom. The molecule has 6 nitrogen and oxygen atoms in total. The molecule has 2 N–H and O–H groups in total. The van der Waals surface area contributed by atoms with Crippen molar-refractivity contribution < 1.29 is 15.0 Å². The molecule has 0 aliphatic carbocycles. The van der Waals surface area contributed by atoms with Gasteiger partial charge in [0.05, 0.1) is 0 Å². The molecule has 96 valence electrons. The number of carboxylic acids is 1. The SMILES string of the molecule is CCC(CC)c1nncn1CCC(O)C(=O)O. The van der Waals surface area contributed by atoms with E-state index in [9.17, 15) is 9.90 Å². The lowest BCUT2D eigenvalue weighted by Gasteiger charge is -2.14. The molecule has 0 aromatic carbocycles. The van der Waals surface area contributed by atoms with Crippen molar-refractivity contribution in [2.75, 3.05) is 0 Å². The van der Waals surface area contributed by atoms with Crippen molar-refractivity contribution in [3.63, 3.8) is 0 Å². The van der Waals surface area contributed by atoms with Crippen molar-refractivity contribution >= 4 is 5.97 Å². The van der Waals surface area contributed by atoms with Crippen LogP contribution in [0.1, 0.15) is 44.9 Å². The number of aromatic nitrogens is 3. The van der Waals surface area contributed by atoms with Gasteiger partial charge in [-0.05, 0) is 12.8 Å². The lowest BCUT2D eigenvalue weighted by Crippen LogP contribution is -2.22. The number of nitrogens with zero attached hydrogens (tertiary/aromatic N) is 3. The van der Waals surface area contributed by atoms with E-state index in [1.807, 2.05) is 4.57 Å². The molecule has 17 heavy (non-hydrogen) atoms. The summed E-state index contributed by atoms with van der Waals surface area (Å²) >= 11 is 0. The number of carboxylic acid groups (broad SMARTS) is 1. The number of aliphatic carboxylic acids is 1. The first-order valence-corrected chi connectivity index (χ1v) is 5.88. The molecule has 0 saturated carbocycles. The highest BCUT2D eigenvalue weighted by atomic mass is 16.4. The van der Waals surface area contributed by atoms with Crippen LogP contribution in [0.5, 0.6) is 0 Å². The zero-order valence-corrected chi connectivity index (χ0v) is 10.2. The number of rotatable bonds is 7. The number of hydrogen-bond acceptors (Lipinski definition) is 4. The van der Waals surface area contributed by atoms with Gasteiger partial charge in [-0.15, -0.1) is 10.2 Å². The zero-order valence-electron chi connectivity index (χ0n) is 10.2. The fourth-order valence-corrected chi connectivity index (χ4v) is 1.79. The van der Waals surface area contributed by atoms with Crippen LogP contribution in [0.4, 0.5) is 0 Å². The predicted molar refractivity (Wildman–Crippen MR) is 61.6 cm³/mol. The lowest BCUT2D eigenvalue weighted by atomic mass is 10.0. The molecule has 0 amide bonds. The van der Waals surface area contributed by atoms with E-state index in [1.54, 1.807) is 6.33 Å². The molecule has 0 fully saturated rings. The molecular formula is C11H19N3O3. The smallest absolute Gasteiger partial charge is 0.332 e. The molecule has 0 spiro atoms. The van der Waals surface area contributed by atoms with Gasteiger partial charge < -0.3 is 14.8 Å². The largest absolute Gasteiger partial charge is 0.479 e. The molecule has 1 heterocycles. The first-order valence-electron chi connectivity index (χ1n) is 5.88. The van der Waals surface area contributed by atoms with Gasteiger partial charge in [0.15, 0.2) is 6.10 Å². The Morgan fingerprint density at radius 2 is 2.12 bits per heavy atom. The molecule has 1 aromatic heterocycles. The van der Waals surface area contributed by atoms with Gasteiger partial charge in [-0.25, -0.2) is 4.79 Å². The van der Waals surface area contributed by atoms with E-state index in [0.717, 1.165) is 18.7 Å². The minimum absolute atomic E-state index is 0.167. The summed E-state index contributed by atoms with van der Waals surface area (Å²) in [4.78, 5) is 10.5. The highest BCUT2D eigenvalue weighted by Gasteiger charge is 2.17. The molecule has 1 aromatic rings. The molecule has 0 bridgehead atoms. The Morgan fingerprint density at radius 3 is 2.65 bits per heavy atom. The van der Waals surface area contributed by atoms with Gasteiger partial charge >= 0.3 is 5.97 Å². The van der Waals surface area contributed by atoms with Crippen LogP contribution < -0.4 is 0 Å². The first kappa shape index (κ1) is 13.6. The van der Waals surface area contributed by atoms with E-state index < -0.39 is 12.1 Å². The van der Waals surface area contributed by atoms with Crippen LogP contribution in [-0.4, -0.2) is 37.1 Å². The van der Waals surface area contributed by atoms with Gasteiger partial charge in [-0.2, -0.15) is 0 Å². The van der Waals surface area contributed by atoms with E-state index >= 15 is 0 Å². The summed E-state index contributed by atoms with van der Waals surface area (Å²) in [5.41, 5.74) is 0. The summed E-state index contributed by atoms with van der Waals surface area (Å²) in [6, 6.07) is 0. The van der Waals surface area contributed by atoms with Crippen molar-refractivity contribution in [2.45, 2.75) is 51.7 Å². The van der Waals surface area contributed by atoms with Gasteiger partial charge in [0.1, 0.15) is 12.2 Å². The number of aliphatic hydroxyl groups excluding tert-OH is 1. The fraction of sp³-hybridized carbons (Fsp3) is 0.727. The van der Waals surface area contributed by atoms with E-state index in [2.05, 4.69) is 24.0 Å². The third-order valence-corrected chi connectivity index (χ3v) is 2.92. The van der Waals surface area contributed by atoms with Crippen LogP contribution in [0.15, 0.2) is 6.33 Å². The Balaban J connectivity index is 2.66. The number of carbonyl (C=O) groups is 1.